The molecule has 16 heavy (non-hydrogen) atoms. The maximum Gasteiger partial charge on any atom is 0.0899 e. The van der Waals surface area contributed by atoms with Gasteiger partial charge in [0.1, 0.15) is 0 Å². The highest BCUT2D eigenvalue weighted by Gasteiger charge is 2.42. The highest BCUT2D eigenvalue weighted by Crippen LogP contribution is 2.45. The third kappa shape index (κ3) is 1.63. The normalized spacial score (nSPS) is 17.1. The molecule has 0 aliphatic heterocycles. The van der Waals surface area contributed by atoms with Crippen LogP contribution < -0.4 is 0 Å². The first-order valence-electron chi connectivity index (χ1n) is 5.66. The van der Waals surface area contributed by atoms with Gasteiger partial charge in [0.25, 0.3) is 0 Å². The third-order valence-corrected chi connectivity index (χ3v) is 3.23. The maximum atomic E-state index is 10.1. The van der Waals surface area contributed by atoms with E-state index in [9.17, 15) is 5.11 Å². The quantitative estimate of drug-likeness (QED) is 0.806. The Kier molecular flexibility index (Phi) is 2.08. The van der Waals surface area contributed by atoms with E-state index < -0.39 is 5.60 Å². The minimum atomic E-state index is -0.537. The van der Waals surface area contributed by atoms with Gasteiger partial charge in [0.15, 0.2) is 0 Å². The van der Waals surface area contributed by atoms with Gasteiger partial charge in [0.2, 0.25) is 0 Å². The first-order chi connectivity index (χ1) is 7.78. The predicted octanol–water partition coefficient (Wildman–Crippen LogP) is 3.34. The van der Waals surface area contributed by atoms with Crippen LogP contribution >= 0.6 is 0 Å². The molecule has 0 heterocycles. The van der Waals surface area contributed by atoms with Crippen LogP contribution in [0.15, 0.2) is 54.6 Å². The molecule has 1 N–H and O–H groups in total. The SMILES string of the molecule is OC1(c2cccc(-c3ccccc3)c2)CC1. The van der Waals surface area contributed by atoms with Gasteiger partial charge in [-0.05, 0) is 35.6 Å². The Morgan fingerprint density at radius 3 is 2.19 bits per heavy atom. The molecule has 0 radical (unpaired) electrons. The monoisotopic (exact) mass is 210 g/mol. The number of benzene rings is 2. The van der Waals surface area contributed by atoms with Gasteiger partial charge in [-0.1, -0.05) is 48.5 Å². The van der Waals surface area contributed by atoms with Gasteiger partial charge in [-0.15, -0.1) is 0 Å². The summed E-state index contributed by atoms with van der Waals surface area (Å²) in [6.07, 6.45) is 1.79. The van der Waals surface area contributed by atoms with E-state index in [1.165, 1.54) is 11.1 Å². The van der Waals surface area contributed by atoms with Gasteiger partial charge in [-0.25, -0.2) is 0 Å². The summed E-state index contributed by atoms with van der Waals surface area (Å²) in [5.74, 6) is 0. The van der Waals surface area contributed by atoms with Crippen LogP contribution in [0.1, 0.15) is 18.4 Å². The Balaban J connectivity index is 2.03. The zero-order valence-electron chi connectivity index (χ0n) is 9.06. The lowest BCUT2D eigenvalue weighted by Crippen LogP contribution is -2.03. The third-order valence-electron chi connectivity index (χ3n) is 3.23. The molecule has 1 aliphatic carbocycles. The molecule has 0 aromatic heterocycles. The predicted molar refractivity (Wildman–Crippen MR) is 65.0 cm³/mol. The van der Waals surface area contributed by atoms with Gasteiger partial charge in [0.05, 0.1) is 5.60 Å². The summed E-state index contributed by atoms with van der Waals surface area (Å²) in [6, 6.07) is 18.5. The molecule has 1 nitrogen and oxygen atoms in total. The molecule has 1 aliphatic rings. The molecule has 1 heteroatoms. The maximum absolute atomic E-state index is 10.1. The second-order valence-corrected chi connectivity index (χ2v) is 4.48. The van der Waals surface area contributed by atoms with E-state index in [1.54, 1.807) is 0 Å². The Hall–Kier alpha value is -1.60. The number of hydrogen-bond acceptors (Lipinski definition) is 1. The number of hydrogen-bond donors (Lipinski definition) is 1. The summed E-state index contributed by atoms with van der Waals surface area (Å²) in [6.45, 7) is 0. The molecule has 3 rings (SSSR count). The van der Waals surface area contributed by atoms with Crippen molar-refractivity contribution in [2.24, 2.45) is 0 Å². The van der Waals surface area contributed by atoms with Crippen LogP contribution in [0.2, 0.25) is 0 Å². The molecule has 0 spiro atoms. The van der Waals surface area contributed by atoms with Gasteiger partial charge in [-0.3, -0.25) is 0 Å². The molecular formula is C15H14O. The molecule has 2 aromatic carbocycles. The molecule has 0 saturated heterocycles. The van der Waals surface area contributed by atoms with Crippen molar-refractivity contribution in [2.45, 2.75) is 18.4 Å². The molecular weight excluding hydrogens is 196 g/mol. The summed E-state index contributed by atoms with van der Waals surface area (Å²) in [5, 5.41) is 10.1. The van der Waals surface area contributed by atoms with E-state index in [4.69, 9.17) is 0 Å². The first kappa shape index (κ1) is 9.61. The van der Waals surface area contributed by atoms with Crippen LogP contribution in [-0.4, -0.2) is 5.11 Å². The molecule has 0 atom stereocenters. The summed E-state index contributed by atoms with van der Waals surface area (Å²) in [7, 11) is 0. The van der Waals surface area contributed by atoms with E-state index in [0.717, 1.165) is 18.4 Å². The molecule has 0 bridgehead atoms. The van der Waals surface area contributed by atoms with E-state index in [1.807, 2.05) is 30.3 Å². The second kappa shape index (κ2) is 3.46. The summed E-state index contributed by atoms with van der Waals surface area (Å²) < 4.78 is 0. The Bertz CT molecular complexity index is 498. The van der Waals surface area contributed by atoms with Crippen molar-refractivity contribution in [3.63, 3.8) is 0 Å². The van der Waals surface area contributed by atoms with Gasteiger partial charge in [-0.2, -0.15) is 0 Å². The van der Waals surface area contributed by atoms with Crippen molar-refractivity contribution in [1.29, 1.82) is 0 Å². The van der Waals surface area contributed by atoms with E-state index in [0.29, 0.717) is 0 Å². The minimum absolute atomic E-state index is 0.537. The van der Waals surface area contributed by atoms with Crippen LogP contribution in [0, 0.1) is 0 Å². The molecule has 0 unspecified atom stereocenters. The average molecular weight is 210 g/mol. The zero-order valence-corrected chi connectivity index (χ0v) is 9.06. The van der Waals surface area contributed by atoms with Crippen LogP contribution in [0.25, 0.3) is 11.1 Å². The van der Waals surface area contributed by atoms with Crippen molar-refractivity contribution in [1.82, 2.24) is 0 Å². The lowest BCUT2D eigenvalue weighted by Gasteiger charge is -2.10. The molecule has 1 fully saturated rings. The lowest BCUT2D eigenvalue weighted by molar-refractivity contribution is 0.151. The van der Waals surface area contributed by atoms with E-state index >= 15 is 0 Å². The summed E-state index contributed by atoms with van der Waals surface area (Å²) >= 11 is 0. The fraction of sp³-hybridized carbons (Fsp3) is 0.200. The number of rotatable bonds is 2. The molecule has 0 amide bonds. The van der Waals surface area contributed by atoms with Crippen LogP contribution in [0.3, 0.4) is 0 Å². The fourth-order valence-electron chi connectivity index (χ4n) is 2.03. The zero-order chi connectivity index (χ0) is 11.0. The van der Waals surface area contributed by atoms with Gasteiger partial charge >= 0.3 is 0 Å². The Labute approximate surface area is 95.4 Å². The standard InChI is InChI=1S/C15H14O/c16-15(9-10-15)14-8-4-7-13(11-14)12-5-2-1-3-6-12/h1-8,11,16H,9-10H2. The van der Waals surface area contributed by atoms with Gasteiger partial charge < -0.3 is 5.11 Å². The van der Waals surface area contributed by atoms with Crippen molar-refractivity contribution >= 4 is 0 Å². The van der Waals surface area contributed by atoms with Crippen LogP contribution in [-0.2, 0) is 5.60 Å². The van der Waals surface area contributed by atoms with Gasteiger partial charge in [0, 0.05) is 0 Å². The highest BCUT2D eigenvalue weighted by molar-refractivity contribution is 5.64. The Morgan fingerprint density at radius 1 is 0.812 bits per heavy atom. The topological polar surface area (TPSA) is 20.2 Å². The smallest absolute Gasteiger partial charge is 0.0899 e. The average Bonchev–Trinajstić information content (AvgIpc) is 3.10. The molecule has 80 valence electrons. The van der Waals surface area contributed by atoms with Crippen molar-refractivity contribution in [3.05, 3.63) is 60.2 Å². The van der Waals surface area contributed by atoms with Crippen molar-refractivity contribution < 1.29 is 5.11 Å². The summed E-state index contributed by atoms with van der Waals surface area (Å²) in [4.78, 5) is 0. The molecule has 2 aromatic rings. The Morgan fingerprint density at radius 2 is 1.50 bits per heavy atom. The van der Waals surface area contributed by atoms with Crippen LogP contribution in [0.5, 0.6) is 0 Å². The van der Waals surface area contributed by atoms with Crippen molar-refractivity contribution in [3.8, 4) is 11.1 Å². The second-order valence-electron chi connectivity index (χ2n) is 4.48. The number of aliphatic hydroxyl groups is 1. The van der Waals surface area contributed by atoms with E-state index in [2.05, 4.69) is 24.3 Å². The fourth-order valence-corrected chi connectivity index (χ4v) is 2.03. The first-order valence-corrected chi connectivity index (χ1v) is 5.66. The van der Waals surface area contributed by atoms with E-state index in [-0.39, 0.29) is 0 Å². The largest absolute Gasteiger partial charge is 0.385 e. The van der Waals surface area contributed by atoms with Crippen molar-refractivity contribution in [2.75, 3.05) is 0 Å². The minimum Gasteiger partial charge on any atom is -0.385 e. The summed E-state index contributed by atoms with van der Waals surface area (Å²) in [5.41, 5.74) is 2.89. The molecule has 1 saturated carbocycles. The lowest BCUT2D eigenvalue weighted by atomic mass is 10.00. The van der Waals surface area contributed by atoms with Crippen LogP contribution in [0.4, 0.5) is 0 Å². The highest BCUT2D eigenvalue weighted by atomic mass is 16.3.